The summed E-state index contributed by atoms with van der Waals surface area (Å²) < 4.78 is 0. The van der Waals surface area contributed by atoms with Crippen LogP contribution in [0.4, 0.5) is 17.2 Å². The second kappa shape index (κ2) is 10.3. The second-order valence-electron chi connectivity index (χ2n) is 7.90. The second-order valence-corrected chi connectivity index (χ2v) is 8.33. The molecule has 8 nitrogen and oxygen atoms in total. The fraction of sp³-hybridized carbons (Fsp3) is 0.250. The van der Waals surface area contributed by atoms with Crippen molar-refractivity contribution in [1.82, 2.24) is 9.97 Å². The lowest BCUT2D eigenvalue weighted by molar-refractivity contribution is 0.0696. The van der Waals surface area contributed by atoms with Crippen LogP contribution in [0.15, 0.2) is 61.1 Å². The number of benzene rings is 1. The molecule has 1 aliphatic rings. The van der Waals surface area contributed by atoms with Crippen LogP contribution < -0.4 is 15.5 Å². The molecule has 3 heterocycles. The van der Waals surface area contributed by atoms with Crippen molar-refractivity contribution in [3.63, 3.8) is 0 Å². The van der Waals surface area contributed by atoms with Gasteiger partial charge >= 0.3 is 5.97 Å². The summed E-state index contributed by atoms with van der Waals surface area (Å²) in [5.41, 5.74) is 2.12. The van der Waals surface area contributed by atoms with Gasteiger partial charge in [-0.15, -0.1) is 0 Å². The van der Waals surface area contributed by atoms with Crippen LogP contribution in [-0.2, 0) is 0 Å². The van der Waals surface area contributed by atoms with E-state index in [-0.39, 0.29) is 11.5 Å². The van der Waals surface area contributed by atoms with Gasteiger partial charge in [0.1, 0.15) is 5.82 Å². The zero-order chi connectivity index (χ0) is 23.2. The molecule has 4 rings (SSSR count). The summed E-state index contributed by atoms with van der Waals surface area (Å²) in [7, 11) is 0. The molecule has 0 saturated carbocycles. The number of halogens is 1. The molecule has 0 unspecified atom stereocenters. The Morgan fingerprint density at radius 1 is 1.09 bits per heavy atom. The smallest absolute Gasteiger partial charge is 0.335 e. The fourth-order valence-corrected chi connectivity index (χ4v) is 3.97. The lowest BCUT2D eigenvalue weighted by atomic mass is 9.96. The molecule has 0 aliphatic carbocycles. The minimum atomic E-state index is -1.05. The topological polar surface area (TPSA) is 107 Å². The predicted molar refractivity (Wildman–Crippen MR) is 128 cm³/mol. The number of carbonyl (C=O) groups excluding carboxylic acids is 1. The first-order valence-corrected chi connectivity index (χ1v) is 11.1. The molecule has 1 aromatic carbocycles. The third-order valence-corrected chi connectivity index (χ3v) is 5.93. The number of hydrogen-bond donors (Lipinski definition) is 3. The normalized spacial score (nSPS) is 14.0. The molecule has 170 valence electrons. The number of piperidine rings is 1. The highest BCUT2D eigenvalue weighted by molar-refractivity contribution is 6.30. The predicted octanol–water partition coefficient (Wildman–Crippen LogP) is 4.41. The monoisotopic (exact) mass is 465 g/mol. The number of aromatic nitrogens is 2. The maximum atomic E-state index is 12.9. The number of rotatable bonds is 7. The lowest BCUT2D eigenvalue weighted by Crippen LogP contribution is -2.36. The van der Waals surface area contributed by atoms with E-state index in [0.29, 0.717) is 34.6 Å². The van der Waals surface area contributed by atoms with Gasteiger partial charge in [0.25, 0.3) is 5.91 Å². The van der Waals surface area contributed by atoms with Crippen molar-refractivity contribution in [3.05, 3.63) is 77.2 Å². The largest absolute Gasteiger partial charge is 0.478 e. The average Bonchev–Trinajstić information content (AvgIpc) is 2.85. The van der Waals surface area contributed by atoms with Crippen LogP contribution in [0, 0.1) is 5.92 Å². The van der Waals surface area contributed by atoms with Gasteiger partial charge in [-0.1, -0.05) is 11.6 Å². The van der Waals surface area contributed by atoms with E-state index in [1.165, 1.54) is 30.1 Å². The summed E-state index contributed by atoms with van der Waals surface area (Å²) >= 11 is 5.85. The quantitative estimate of drug-likeness (QED) is 0.474. The van der Waals surface area contributed by atoms with Crippen molar-refractivity contribution in [2.75, 3.05) is 35.2 Å². The highest BCUT2D eigenvalue weighted by Gasteiger charge is 2.21. The van der Waals surface area contributed by atoms with E-state index in [4.69, 9.17) is 11.6 Å². The molecule has 0 radical (unpaired) electrons. The first kappa shape index (κ1) is 22.5. The number of carbonyl (C=O) groups is 2. The molecular weight excluding hydrogens is 442 g/mol. The number of nitrogens with zero attached hydrogens (tertiary/aromatic N) is 3. The van der Waals surface area contributed by atoms with Gasteiger partial charge in [-0.2, -0.15) is 0 Å². The van der Waals surface area contributed by atoms with Crippen LogP contribution in [0.5, 0.6) is 0 Å². The number of nitrogens with one attached hydrogen (secondary N) is 2. The molecular formula is C24H24ClN5O3. The van der Waals surface area contributed by atoms with Gasteiger partial charge in [0, 0.05) is 49.6 Å². The Morgan fingerprint density at radius 2 is 1.85 bits per heavy atom. The first-order chi connectivity index (χ1) is 16.0. The van der Waals surface area contributed by atoms with E-state index in [1.54, 1.807) is 24.5 Å². The number of aromatic carboxylic acids is 1. The summed E-state index contributed by atoms with van der Waals surface area (Å²) in [6, 6.07) is 11.7. The zero-order valence-electron chi connectivity index (χ0n) is 17.9. The summed E-state index contributed by atoms with van der Waals surface area (Å²) in [5, 5.41) is 15.9. The van der Waals surface area contributed by atoms with E-state index in [1.807, 2.05) is 12.1 Å². The molecule has 2 aromatic heterocycles. The maximum absolute atomic E-state index is 12.9. The van der Waals surface area contributed by atoms with Crippen LogP contribution in [0.2, 0.25) is 5.02 Å². The van der Waals surface area contributed by atoms with E-state index in [2.05, 4.69) is 25.5 Å². The van der Waals surface area contributed by atoms with E-state index in [9.17, 15) is 14.7 Å². The highest BCUT2D eigenvalue weighted by atomic mass is 35.5. The fourth-order valence-electron chi connectivity index (χ4n) is 3.86. The van der Waals surface area contributed by atoms with E-state index < -0.39 is 5.97 Å². The summed E-state index contributed by atoms with van der Waals surface area (Å²) in [6.07, 6.45) is 7.02. The van der Waals surface area contributed by atoms with Crippen molar-refractivity contribution in [2.24, 2.45) is 5.92 Å². The lowest BCUT2D eigenvalue weighted by Gasteiger charge is -2.33. The highest BCUT2D eigenvalue weighted by Crippen LogP contribution is 2.25. The SMILES string of the molecule is O=C(O)c1ccc(C(=O)Nc2ccc(Cl)cn2)c(NCC2CCN(c3ccncc3)CC2)c1. The molecule has 1 aliphatic heterocycles. The van der Waals surface area contributed by atoms with Gasteiger partial charge < -0.3 is 20.6 Å². The van der Waals surface area contributed by atoms with E-state index >= 15 is 0 Å². The minimum absolute atomic E-state index is 0.117. The molecule has 0 spiro atoms. The molecule has 3 N–H and O–H groups in total. The van der Waals surface area contributed by atoms with Crippen molar-refractivity contribution >= 4 is 40.7 Å². The van der Waals surface area contributed by atoms with Gasteiger partial charge in [0.15, 0.2) is 0 Å². The number of carboxylic acids is 1. The van der Waals surface area contributed by atoms with Crippen molar-refractivity contribution < 1.29 is 14.7 Å². The molecule has 0 atom stereocenters. The number of pyridine rings is 2. The van der Waals surface area contributed by atoms with E-state index in [0.717, 1.165) is 25.9 Å². The van der Waals surface area contributed by atoms with Gasteiger partial charge in [-0.25, -0.2) is 9.78 Å². The molecule has 9 heteroatoms. The van der Waals surface area contributed by atoms with Crippen LogP contribution in [-0.4, -0.2) is 46.6 Å². The number of carboxylic acid groups (broad SMARTS) is 1. The average molecular weight is 466 g/mol. The Labute approximate surface area is 196 Å². The third-order valence-electron chi connectivity index (χ3n) is 5.70. The number of anilines is 3. The molecule has 1 fully saturated rings. The number of amides is 1. The number of hydrogen-bond acceptors (Lipinski definition) is 6. The van der Waals surface area contributed by atoms with Crippen LogP contribution in [0.25, 0.3) is 0 Å². The van der Waals surface area contributed by atoms with Gasteiger partial charge in [-0.3, -0.25) is 9.78 Å². The van der Waals surface area contributed by atoms with Crippen LogP contribution in [0.3, 0.4) is 0 Å². The zero-order valence-corrected chi connectivity index (χ0v) is 18.6. The van der Waals surface area contributed by atoms with Gasteiger partial charge in [-0.05, 0) is 61.2 Å². The Kier molecular flexibility index (Phi) is 7.04. The minimum Gasteiger partial charge on any atom is -0.478 e. The van der Waals surface area contributed by atoms with Crippen molar-refractivity contribution in [3.8, 4) is 0 Å². The Balaban J connectivity index is 1.42. The molecule has 33 heavy (non-hydrogen) atoms. The van der Waals surface area contributed by atoms with Crippen LogP contribution in [0.1, 0.15) is 33.6 Å². The Hall–Kier alpha value is -3.65. The molecule has 3 aromatic rings. The standard InChI is InChI=1S/C24H24ClN5O3/c25-18-2-4-22(28-15-18)29-23(31)20-3-1-17(24(32)33)13-21(20)27-14-16-7-11-30(12-8-16)19-5-9-26-10-6-19/h1-6,9-10,13,15-16,27H,7-8,11-12,14H2,(H,32,33)(H,28,29,31). The van der Waals surface area contributed by atoms with Crippen LogP contribution >= 0.6 is 11.6 Å². The third kappa shape index (κ3) is 5.78. The Morgan fingerprint density at radius 3 is 2.52 bits per heavy atom. The van der Waals surface area contributed by atoms with Crippen molar-refractivity contribution in [1.29, 1.82) is 0 Å². The van der Waals surface area contributed by atoms with Gasteiger partial charge in [0.2, 0.25) is 0 Å². The molecule has 1 amide bonds. The van der Waals surface area contributed by atoms with Crippen molar-refractivity contribution in [2.45, 2.75) is 12.8 Å². The molecule has 0 bridgehead atoms. The summed E-state index contributed by atoms with van der Waals surface area (Å²) in [5.74, 6) is -0.654. The molecule has 1 saturated heterocycles. The maximum Gasteiger partial charge on any atom is 0.335 e. The first-order valence-electron chi connectivity index (χ1n) is 10.7. The Bertz CT molecular complexity index is 1120. The van der Waals surface area contributed by atoms with Gasteiger partial charge in [0.05, 0.1) is 16.1 Å². The summed E-state index contributed by atoms with van der Waals surface area (Å²) in [4.78, 5) is 34.8. The summed E-state index contributed by atoms with van der Waals surface area (Å²) in [6.45, 7) is 2.51.